The molecule has 0 amide bonds. The maximum absolute atomic E-state index is 5.28. The minimum atomic E-state index is 0.543. The lowest BCUT2D eigenvalue weighted by Crippen LogP contribution is -1.77. The molecule has 0 unspecified atom stereocenters. The Bertz CT molecular complexity index is 174. The van der Waals surface area contributed by atoms with Crippen molar-refractivity contribution in [2.24, 2.45) is 0 Å². The van der Waals surface area contributed by atoms with Crippen molar-refractivity contribution in [2.45, 2.75) is 0 Å². The molecule has 0 atom stereocenters. The van der Waals surface area contributed by atoms with Gasteiger partial charge in [0.25, 0.3) is 0 Å². The fourth-order valence-electron chi connectivity index (χ4n) is 0.366. The number of thiazole rings is 1. The van der Waals surface area contributed by atoms with Gasteiger partial charge >= 0.3 is 0 Å². The average molecular weight is 130 g/mol. The molecule has 0 spiro atoms. The lowest BCUT2D eigenvalue weighted by molar-refractivity contribution is 0.426. The summed E-state index contributed by atoms with van der Waals surface area (Å²) in [4.78, 5) is 3.76. The van der Waals surface area contributed by atoms with Crippen LogP contribution in [0.1, 0.15) is 0 Å². The second-order valence-electron chi connectivity index (χ2n) is 1.22. The summed E-state index contributed by atoms with van der Waals surface area (Å²) in [5.74, 6) is 0. The normalized spacial score (nSPS) is 9.12. The number of ether oxygens (including phenoxy) is 1. The number of methoxy groups -OCH3 is 1. The van der Waals surface area contributed by atoms with Crippen molar-refractivity contribution in [1.82, 2.24) is 4.98 Å². The number of rotatable bonds is 1. The molecule has 0 aliphatic rings. The van der Waals surface area contributed by atoms with Gasteiger partial charge in [0.15, 0.2) is 10.2 Å². The van der Waals surface area contributed by atoms with E-state index in [2.05, 4.69) is 4.98 Å². The zero-order chi connectivity index (χ0) is 5.98. The second kappa shape index (κ2) is 2.00. The summed E-state index contributed by atoms with van der Waals surface area (Å²) in [6.45, 7) is 0. The number of anilines is 1. The quantitative estimate of drug-likeness (QED) is 0.609. The van der Waals surface area contributed by atoms with E-state index in [9.17, 15) is 0 Å². The minimum Gasteiger partial charge on any atom is -0.486 e. The monoisotopic (exact) mass is 130 g/mol. The highest BCUT2D eigenvalue weighted by atomic mass is 32.1. The van der Waals surface area contributed by atoms with Crippen LogP contribution in [0, 0.1) is 0 Å². The van der Waals surface area contributed by atoms with Crippen LogP contribution in [0.3, 0.4) is 0 Å². The van der Waals surface area contributed by atoms with Crippen molar-refractivity contribution < 1.29 is 4.74 Å². The first kappa shape index (κ1) is 5.37. The first-order valence-corrected chi connectivity index (χ1v) is 2.90. The molecule has 44 valence electrons. The molecule has 0 aromatic carbocycles. The highest BCUT2D eigenvalue weighted by Crippen LogP contribution is 2.21. The topological polar surface area (TPSA) is 48.1 Å². The van der Waals surface area contributed by atoms with Crippen LogP contribution in [0.25, 0.3) is 0 Å². The van der Waals surface area contributed by atoms with E-state index in [4.69, 9.17) is 10.5 Å². The molecule has 8 heavy (non-hydrogen) atoms. The number of hydrogen-bond donors (Lipinski definition) is 1. The highest BCUT2D eigenvalue weighted by Gasteiger charge is 1.93. The number of nitrogens with zero attached hydrogens (tertiary/aromatic N) is 1. The number of nitrogens with two attached hydrogens (primary N) is 1. The van der Waals surface area contributed by atoms with Gasteiger partial charge in [0.1, 0.15) is 0 Å². The van der Waals surface area contributed by atoms with E-state index in [1.54, 1.807) is 13.3 Å². The van der Waals surface area contributed by atoms with Gasteiger partial charge in [0, 0.05) is 0 Å². The zero-order valence-corrected chi connectivity index (χ0v) is 5.23. The van der Waals surface area contributed by atoms with Gasteiger partial charge in [-0.2, -0.15) is 0 Å². The van der Waals surface area contributed by atoms with Gasteiger partial charge < -0.3 is 10.5 Å². The van der Waals surface area contributed by atoms with Crippen molar-refractivity contribution in [2.75, 3.05) is 12.8 Å². The maximum Gasteiger partial charge on any atom is 0.195 e. The standard InChI is InChI=1S/C4H6N2OS/c1-7-3-2-6-4(5)8-3/h2H,1H3,(H2,5,6). The fourth-order valence-corrected chi connectivity index (χ4v) is 0.867. The van der Waals surface area contributed by atoms with Gasteiger partial charge in [0.05, 0.1) is 13.3 Å². The third-order valence-electron chi connectivity index (χ3n) is 0.704. The summed E-state index contributed by atoms with van der Waals surface area (Å²) in [6.07, 6.45) is 1.60. The van der Waals surface area contributed by atoms with Crippen LogP contribution in [-0.2, 0) is 0 Å². The Kier molecular flexibility index (Phi) is 1.34. The molecule has 2 N–H and O–H groups in total. The van der Waals surface area contributed by atoms with Crippen LogP contribution in [0.5, 0.6) is 5.06 Å². The Morgan fingerprint density at radius 2 is 2.62 bits per heavy atom. The third kappa shape index (κ3) is 0.894. The predicted octanol–water partition coefficient (Wildman–Crippen LogP) is 0.734. The number of nitrogen functional groups attached to an aromatic ring is 1. The van der Waals surface area contributed by atoms with Crippen LogP contribution in [0.15, 0.2) is 6.20 Å². The van der Waals surface area contributed by atoms with E-state index in [-0.39, 0.29) is 0 Å². The summed E-state index contributed by atoms with van der Waals surface area (Å²) < 4.78 is 4.81. The molecule has 3 nitrogen and oxygen atoms in total. The summed E-state index contributed by atoms with van der Waals surface area (Å²) >= 11 is 1.33. The Morgan fingerprint density at radius 1 is 1.88 bits per heavy atom. The van der Waals surface area contributed by atoms with Crippen molar-refractivity contribution in [3.63, 3.8) is 0 Å². The van der Waals surface area contributed by atoms with Crippen LogP contribution in [-0.4, -0.2) is 12.1 Å². The predicted molar refractivity (Wildman–Crippen MR) is 33.1 cm³/mol. The third-order valence-corrected chi connectivity index (χ3v) is 1.49. The smallest absolute Gasteiger partial charge is 0.195 e. The second-order valence-corrected chi connectivity index (χ2v) is 2.25. The van der Waals surface area contributed by atoms with E-state index < -0.39 is 0 Å². The summed E-state index contributed by atoms with van der Waals surface area (Å²) in [5, 5.41) is 1.30. The van der Waals surface area contributed by atoms with Crippen LogP contribution < -0.4 is 10.5 Å². The van der Waals surface area contributed by atoms with E-state index in [1.165, 1.54) is 11.3 Å². The molecule has 0 saturated carbocycles. The molecule has 0 radical (unpaired) electrons. The van der Waals surface area contributed by atoms with Crippen LogP contribution in [0.4, 0.5) is 5.13 Å². The molecular formula is C4H6N2OS. The van der Waals surface area contributed by atoms with Crippen LogP contribution >= 0.6 is 11.3 Å². The molecule has 0 aliphatic carbocycles. The largest absolute Gasteiger partial charge is 0.486 e. The molecule has 0 saturated heterocycles. The number of aromatic nitrogens is 1. The van der Waals surface area contributed by atoms with Gasteiger partial charge in [-0.15, -0.1) is 0 Å². The molecule has 0 fully saturated rings. The summed E-state index contributed by atoms with van der Waals surface area (Å²) in [6, 6.07) is 0. The Morgan fingerprint density at radius 3 is 2.88 bits per heavy atom. The van der Waals surface area contributed by atoms with Gasteiger partial charge in [-0.25, -0.2) is 4.98 Å². The zero-order valence-electron chi connectivity index (χ0n) is 4.42. The van der Waals surface area contributed by atoms with E-state index >= 15 is 0 Å². The van der Waals surface area contributed by atoms with Crippen molar-refractivity contribution in [3.05, 3.63) is 6.20 Å². The van der Waals surface area contributed by atoms with Crippen molar-refractivity contribution in [1.29, 1.82) is 0 Å². The SMILES string of the molecule is COc1cnc(N)s1. The molecular weight excluding hydrogens is 124 g/mol. The Balaban J connectivity index is 2.84. The van der Waals surface area contributed by atoms with Gasteiger partial charge in [-0.3, -0.25) is 0 Å². The molecule has 4 heteroatoms. The van der Waals surface area contributed by atoms with Crippen LogP contribution in [0.2, 0.25) is 0 Å². The maximum atomic E-state index is 5.28. The molecule has 0 aliphatic heterocycles. The van der Waals surface area contributed by atoms with E-state index in [0.29, 0.717) is 5.13 Å². The van der Waals surface area contributed by atoms with Crippen molar-refractivity contribution >= 4 is 16.5 Å². The van der Waals surface area contributed by atoms with Gasteiger partial charge in [-0.1, -0.05) is 11.3 Å². The molecule has 1 heterocycles. The van der Waals surface area contributed by atoms with Gasteiger partial charge in [-0.05, 0) is 0 Å². The first-order valence-electron chi connectivity index (χ1n) is 2.08. The molecule has 1 rings (SSSR count). The lowest BCUT2D eigenvalue weighted by Gasteiger charge is -1.85. The average Bonchev–Trinajstić information content (AvgIpc) is 2.14. The van der Waals surface area contributed by atoms with Gasteiger partial charge in [0.2, 0.25) is 0 Å². The highest BCUT2D eigenvalue weighted by molar-refractivity contribution is 7.17. The molecule has 0 bridgehead atoms. The van der Waals surface area contributed by atoms with E-state index in [0.717, 1.165) is 5.06 Å². The Labute approximate surface area is 51.1 Å². The fraction of sp³-hybridized carbons (Fsp3) is 0.250. The summed E-state index contributed by atoms with van der Waals surface area (Å²) in [7, 11) is 1.59. The van der Waals surface area contributed by atoms with E-state index in [1.807, 2.05) is 0 Å². The minimum absolute atomic E-state index is 0.543. The molecule has 1 aromatic heterocycles. The Hall–Kier alpha value is -0.770. The number of hydrogen-bond acceptors (Lipinski definition) is 4. The first-order chi connectivity index (χ1) is 3.83. The summed E-state index contributed by atoms with van der Waals surface area (Å²) in [5.41, 5.74) is 5.28. The van der Waals surface area contributed by atoms with Crippen molar-refractivity contribution in [3.8, 4) is 5.06 Å². The molecule has 1 aromatic rings. The lowest BCUT2D eigenvalue weighted by atomic mass is 10.9.